The zero-order valence-electron chi connectivity index (χ0n) is 11.3. The van der Waals surface area contributed by atoms with E-state index in [0.29, 0.717) is 5.92 Å². The van der Waals surface area contributed by atoms with Crippen LogP contribution in [0.2, 0.25) is 0 Å². The molecule has 0 radical (unpaired) electrons. The van der Waals surface area contributed by atoms with Crippen LogP contribution in [0.15, 0.2) is 11.6 Å². The van der Waals surface area contributed by atoms with Gasteiger partial charge >= 0.3 is 5.97 Å². The van der Waals surface area contributed by atoms with Crippen molar-refractivity contribution in [3.8, 4) is 0 Å². The quantitative estimate of drug-likeness (QED) is 0.796. The van der Waals surface area contributed by atoms with Gasteiger partial charge in [-0.2, -0.15) is 0 Å². The Morgan fingerprint density at radius 3 is 2.72 bits per heavy atom. The average molecular weight is 270 g/mol. The van der Waals surface area contributed by atoms with Crippen molar-refractivity contribution in [3.05, 3.63) is 11.6 Å². The Labute approximate surface area is 112 Å². The highest BCUT2D eigenvalue weighted by Crippen LogP contribution is 2.32. The SMILES string of the molecule is CC(C)(C)C(CCNc1nccs1)CCC(=O)O. The van der Waals surface area contributed by atoms with E-state index in [1.807, 2.05) is 5.38 Å². The Bertz CT molecular complexity index is 358. The van der Waals surface area contributed by atoms with Crippen molar-refractivity contribution in [2.24, 2.45) is 11.3 Å². The van der Waals surface area contributed by atoms with Crippen molar-refractivity contribution in [3.63, 3.8) is 0 Å². The summed E-state index contributed by atoms with van der Waals surface area (Å²) in [4.78, 5) is 14.8. The third kappa shape index (κ3) is 5.49. The van der Waals surface area contributed by atoms with E-state index in [1.54, 1.807) is 17.5 Å². The lowest BCUT2D eigenvalue weighted by atomic mass is 9.76. The minimum atomic E-state index is -0.711. The molecule has 2 N–H and O–H groups in total. The molecule has 0 fully saturated rings. The first-order valence-electron chi connectivity index (χ1n) is 6.24. The number of anilines is 1. The van der Waals surface area contributed by atoms with Crippen LogP contribution in [0.4, 0.5) is 5.13 Å². The van der Waals surface area contributed by atoms with Gasteiger partial charge < -0.3 is 10.4 Å². The molecular formula is C13H22N2O2S. The van der Waals surface area contributed by atoms with Crippen LogP contribution < -0.4 is 5.32 Å². The number of nitrogens with zero attached hydrogens (tertiary/aromatic N) is 1. The van der Waals surface area contributed by atoms with Gasteiger partial charge in [0.15, 0.2) is 5.13 Å². The Kier molecular flexibility index (Phi) is 5.59. The molecule has 0 saturated carbocycles. The third-order valence-corrected chi connectivity index (χ3v) is 3.86. The van der Waals surface area contributed by atoms with E-state index in [9.17, 15) is 4.79 Å². The minimum Gasteiger partial charge on any atom is -0.481 e. The Morgan fingerprint density at radius 1 is 1.50 bits per heavy atom. The number of aromatic nitrogens is 1. The number of thiazole rings is 1. The van der Waals surface area contributed by atoms with Crippen molar-refractivity contribution >= 4 is 22.4 Å². The summed E-state index contributed by atoms with van der Waals surface area (Å²) in [7, 11) is 0. The van der Waals surface area contributed by atoms with Crippen LogP contribution in [0.5, 0.6) is 0 Å². The fourth-order valence-electron chi connectivity index (χ4n) is 1.97. The van der Waals surface area contributed by atoms with Gasteiger partial charge in [0, 0.05) is 24.5 Å². The van der Waals surface area contributed by atoms with Crippen LogP contribution in [0.3, 0.4) is 0 Å². The van der Waals surface area contributed by atoms with Gasteiger partial charge in [-0.25, -0.2) is 4.98 Å². The third-order valence-electron chi connectivity index (χ3n) is 3.13. The minimum absolute atomic E-state index is 0.139. The summed E-state index contributed by atoms with van der Waals surface area (Å²) < 4.78 is 0. The second-order valence-electron chi connectivity index (χ2n) is 5.55. The number of rotatable bonds is 7. The van der Waals surface area contributed by atoms with Crippen LogP contribution in [-0.4, -0.2) is 22.6 Å². The van der Waals surface area contributed by atoms with Crippen molar-refractivity contribution in [1.29, 1.82) is 0 Å². The molecule has 1 rings (SSSR count). The lowest BCUT2D eigenvalue weighted by Gasteiger charge is -2.30. The molecule has 102 valence electrons. The van der Waals surface area contributed by atoms with Gasteiger partial charge in [0.1, 0.15) is 0 Å². The predicted octanol–water partition coefficient (Wildman–Crippen LogP) is 3.47. The van der Waals surface area contributed by atoms with Crippen LogP contribution in [-0.2, 0) is 4.79 Å². The number of hydrogen-bond donors (Lipinski definition) is 2. The molecule has 1 aromatic rings. The molecule has 18 heavy (non-hydrogen) atoms. The summed E-state index contributed by atoms with van der Waals surface area (Å²) in [5, 5.41) is 14.9. The van der Waals surface area contributed by atoms with Gasteiger partial charge in [0.05, 0.1) is 0 Å². The van der Waals surface area contributed by atoms with Crippen LogP contribution in [0, 0.1) is 11.3 Å². The summed E-state index contributed by atoms with van der Waals surface area (Å²) in [5.41, 5.74) is 0.139. The molecule has 0 amide bonds. The van der Waals surface area contributed by atoms with Crippen LogP contribution >= 0.6 is 11.3 Å². The standard InChI is InChI=1S/C13H22N2O2S/c1-13(2,3)10(4-5-11(16)17)6-7-14-12-15-8-9-18-12/h8-10H,4-7H2,1-3H3,(H,14,15)(H,16,17). The van der Waals surface area contributed by atoms with Gasteiger partial charge in [-0.1, -0.05) is 20.8 Å². The normalized spacial score (nSPS) is 13.3. The lowest BCUT2D eigenvalue weighted by molar-refractivity contribution is -0.137. The molecule has 1 unspecified atom stereocenters. The molecule has 0 bridgehead atoms. The number of hydrogen-bond acceptors (Lipinski definition) is 4. The number of nitrogens with one attached hydrogen (secondary N) is 1. The predicted molar refractivity (Wildman–Crippen MR) is 75.0 cm³/mol. The maximum atomic E-state index is 10.7. The van der Waals surface area contributed by atoms with E-state index in [2.05, 4.69) is 31.1 Å². The van der Waals surface area contributed by atoms with Gasteiger partial charge in [-0.05, 0) is 24.2 Å². The van der Waals surface area contributed by atoms with E-state index in [0.717, 1.165) is 24.5 Å². The molecule has 0 aliphatic rings. The van der Waals surface area contributed by atoms with Gasteiger partial charge in [-0.15, -0.1) is 11.3 Å². The lowest BCUT2D eigenvalue weighted by Crippen LogP contribution is -2.24. The zero-order valence-corrected chi connectivity index (χ0v) is 12.1. The summed E-state index contributed by atoms with van der Waals surface area (Å²) in [6.45, 7) is 7.35. The Hall–Kier alpha value is -1.10. The first-order chi connectivity index (χ1) is 8.39. The number of carboxylic acids is 1. The molecule has 0 aliphatic heterocycles. The molecule has 0 aromatic carbocycles. The Morgan fingerprint density at radius 2 is 2.22 bits per heavy atom. The van der Waals surface area contributed by atoms with Crippen molar-refractivity contribution < 1.29 is 9.90 Å². The molecule has 0 aliphatic carbocycles. The van der Waals surface area contributed by atoms with E-state index >= 15 is 0 Å². The van der Waals surface area contributed by atoms with Gasteiger partial charge in [0.2, 0.25) is 0 Å². The summed E-state index contributed by atoms with van der Waals surface area (Å²) in [5.74, 6) is -0.307. The molecular weight excluding hydrogens is 248 g/mol. The second kappa shape index (κ2) is 6.73. The smallest absolute Gasteiger partial charge is 0.303 e. The number of carboxylic acid groups (broad SMARTS) is 1. The topological polar surface area (TPSA) is 62.2 Å². The fourth-order valence-corrected chi connectivity index (χ4v) is 2.53. The van der Waals surface area contributed by atoms with Crippen LogP contribution in [0.25, 0.3) is 0 Å². The van der Waals surface area contributed by atoms with E-state index in [-0.39, 0.29) is 11.8 Å². The van der Waals surface area contributed by atoms with Gasteiger partial charge in [-0.3, -0.25) is 4.79 Å². The number of carbonyl (C=O) groups is 1. The average Bonchev–Trinajstić information content (AvgIpc) is 2.73. The fraction of sp³-hybridized carbons (Fsp3) is 0.692. The number of aliphatic carboxylic acids is 1. The highest BCUT2D eigenvalue weighted by Gasteiger charge is 2.24. The first-order valence-corrected chi connectivity index (χ1v) is 7.12. The monoisotopic (exact) mass is 270 g/mol. The molecule has 1 aromatic heterocycles. The first kappa shape index (κ1) is 15.0. The van der Waals surface area contributed by atoms with E-state index in [4.69, 9.17) is 5.11 Å². The summed E-state index contributed by atoms with van der Waals surface area (Å²) in [6.07, 6.45) is 3.73. The van der Waals surface area contributed by atoms with Crippen molar-refractivity contribution in [1.82, 2.24) is 4.98 Å². The zero-order chi connectivity index (χ0) is 13.6. The molecule has 1 heterocycles. The molecule has 0 saturated heterocycles. The van der Waals surface area contributed by atoms with Crippen molar-refractivity contribution in [2.75, 3.05) is 11.9 Å². The molecule has 0 spiro atoms. The highest BCUT2D eigenvalue weighted by molar-refractivity contribution is 7.13. The molecule has 4 nitrogen and oxygen atoms in total. The van der Waals surface area contributed by atoms with E-state index < -0.39 is 5.97 Å². The second-order valence-corrected chi connectivity index (χ2v) is 6.44. The molecule has 5 heteroatoms. The summed E-state index contributed by atoms with van der Waals surface area (Å²) >= 11 is 1.58. The summed E-state index contributed by atoms with van der Waals surface area (Å²) in [6, 6.07) is 0. The maximum absolute atomic E-state index is 10.7. The molecule has 1 atom stereocenters. The van der Waals surface area contributed by atoms with Gasteiger partial charge in [0.25, 0.3) is 0 Å². The Balaban J connectivity index is 2.38. The van der Waals surface area contributed by atoms with E-state index in [1.165, 1.54) is 0 Å². The van der Waals surface area contributed by atoms with Crippen LogP contribution in [0.1, 0.15) is 40.0 Å². The highest BCUT2D eigenvalue weighted by atomic mass is 32.1. The maximum Gasteiger partial charge on any atom is 0.303 e. The van der Waals surface area contributed by atoms with Crippen molar-refractivity contribution in [2.45, 2.75) is 40.0 Å². The largest absolute Gasteiger partial charge is 0.481 e.